The van der Waals surface area contributed by atoms with Gasteiger partial charge in [-0.3, -0.25) is 0 Å². The van der Waals surface area contributed by atoms with E-state index in [1.165, 1.54) is 55.3 Å². The minimum absolute atomic E-state index is 0.519. The Morgan fingerprint density at radius 3 is 2.85 bits per heavy atom. The molecule has 0 aliphatic carbocycles. The molecular formula is C16H21N3S. The van der Waals surface area contributed by atoms with Gasteiger partial charge in [-0.15, -0.1) is 0 Å². The molecule has 0 N–H and O–H groups in total. The molecule has 4 rings (SSSR count). The van der Waals surface area contributed by atoms with E-state index in [9.17, 15) is 0 Å². The van der Waals surface area contributed by atoms with Crippen LogP contribution in [0.3, 0.4) is 0 Å². The number of nitrogens with zero attached hydrogens (tertiary/aromatic N) is 3. The second-order valence-electron chi connectivity index (χ2n) is 6.48. The number of aromatic nitrogens is 1. The van der Waals surface area contributed by atoms with E-state index >= 15 is 0 Å². The molecule has 1 aromatic carbocycles. The van der Waals surface area contributed by atoms with Crippen molar-refractivity contribution in [3.8, 4) is 0 Å². The molecule has 0 saturated carbocycles. The summed E-state index contributed by atoms with van der Waals surface area (Å²) in [5.74, 6) is 0. The third-order valence-corrected chi connectivity index (χ3v) is 5.94. The fourth-order valence-electron chi connectivity index (χ4n) is 3.86. The van der Waals surface area contributed by atoms with Gasteiger partial charge in [0.25, 0.3) is 0 Å². The van der Waals surface area contributed by atoms with Crippen molar-refractivity contribution in [3.05, 3.63) is 24.3 Å². The molecule has 0 bridgehead atoms. The average molecular weight is 287 g/mol. The second-order valence-corrected chi connectivity index (χ2v) is 7.49. The Kier molecular flexibility index (Phi) is 2.97. The molecule has 1 spiro atoms. The Morgan fingerprint density at radius 2 is 2.05 bits per heavy atom. The first-order chi connectivity index (χ1) is 9.74. The molecule has 3 nitrogen and oxygen atoms in total. The Balaban J connectivity index is 1.61. The van der Waals surface area contributed by atoms with Crippen LogP contribution in [0.15, 0.2) is 24.3 Å². The molecule has 2 aliphatic rings. The maximum absolute atomic E-state index is 4.84. The number of fused-ring (bicyclic) bond motifs is 1. The van der Waals surface area contributed by atoms with Gasteiger partial charge in [-0.25, -0.2) is 4.98 Å². The molecule has 0 amide bonds. The predicted molar refractivity (Wildman–Crippen MR) is 85.6 cm³/mol. The molecule has 2 saturated heterocycles. The Bertz CT molecular complexity index is 586. The average Bonchev–Trinajstić information content (AvgIpc) is 3.03. The number of hydrogen-bond acceptors (Lipinski definition) is 4. The number of thiazole rings is 1. The SMILES string of the molecule is CN1CCC2(CCCN(c3nc4ccccc4s3)C2)C1. The first-order valence-electron chi connectivity index (χ1n) is 7.53. The smallest absolute Gasteiger partial charge is 0.186 e. The number of hydrogen-bond donors (Lipinski definition) is 0. The third kappa shape index (κ3) is 2.11. The first-order valence-corrected chi connectivity index (χ1v) is 8.35. The highest BCUT2D eigenvalue weighted by Crippen LogP contribution is 2.41. The molecule has 2 aromatic rings. The minimum atomic E-state index is 0.519. The lowest BCUT2D eigenvalue weighted by atomic mass is 9.79. The molecule has 1 unspecified atom stereocenters. The topological polar surface area (TPSA) is 19.4 Å². The number of rotatable bonds is 1. The van der Waals surface area contributed by atoms with Crippen LogP contribution in [0.4, 0.5) is 5.13 Å². The van der Waals surface area contributed by atoms with Gasteiger partial charge in [0.1, 0.15) is 0 Å². The summed E-state index contributed by atoms with van der Waals surface area (Å²) in [6.07, 6.45) is 4.05. The maximum Gasteiger partial charge on any atom is 0.186 e. The zero-order valence-electron chi connectivity index (χ0n) is 12.0. The standard InChI is InChI=1S/C16H21N3S/c1-18-10-8-16(11-18)7-4-9-19(12-16)15-17-13-5-2-3-6-14(13)20-15/h2-3,5-6H,4,7-12H2,1H3. The van der Waals surface area contributed by atoms with E-state index in [1.807, 2.05) is 11.3 Å². The fraction of sp³-hybridized carbons (Fsp3) is 0.562. The maximum atomic E-state index is 4.84. The van der Waals surface area contributed by atoms with Gasteiger partial charge in [0.05, 0.1) is 10.2 Å². The summed E-state index contributed by atoms with van der Waals surface area (Å²) in [5.41, 5.74) is 1.67. The van der Waals surface area contributed by atoms with Gasteiger partial charge in [0, 0.05) is 25.0 Å². The highest BCUT2D eigenvalue weighted by atomic mass is 32.1. The van der Waals surface area contributed by atoms with Crippen LogP contribution in [0.25, 0.3) is 10.2 Å². The minimum Gasteiger partial charge on any atom is -0.347 e. The molecule has 2 aliphatic heterocycles. The largest absolute Gasteiger partial charge is 0.347 e. The van der Waals surface area contributed by atoms with Gasteiger partial charge in [0.15, 0.2) is 5.13 Å². The number of para-hydroxylation sites is 1. The molecule has 106 valence electrons. The van der Waals surface area contributed by atoms with Gasteiger partial charge >= 0.3 is 0 Å². The molecule has 3 heterocycles. The van der Waals surface area contributed by atoms with Crippen LogP contribution in [0.2, 0.25) is 0 Å². The van der Waals surface area contributed by atoms with Crippen molar-refractivity contribution >= 4 is 26.7 Å². The number of likely N-dealkylation sites (tertiary alicyclic amines) is 1. The molecular weight excluding hydrogens is 266 g/mol. The van der Waals surface area contributed by atoms with Crippen molar-refractivity contribution in [2.45, 2.75) is 19.3 Å². The predicted octanol–water partition coefficient (Wildman–Crippen LogP) is 3.22. The molecule has 4 heteroatoms. The Labute approximate surface area is 124 Å². The first kappa shape index (κ1) is 12.6. The van der Waals surface area contributed by atoms with Crippen LogP contribution in [0.1, 0.15) is 19.3 Å². The van der Waals surface area contributed by atoms with Crippen molar-refractivity contribution in [1.82, 2.24) is 9.88 Å². The highest BCUT2D eigenvalue weighted by Gasteiger charge is 2.40. The van der Waals surface area contributed by atoms with Gasteiger partial charge in [-0.05, 0) is 45.0 Å². The molecule has 2 fully saturated rings. The monoisotopic (exact) mass is 287 g/mol. The molecule has 0 radical (unpaired) electrons. The number of piperidine rings is 1. The van der Waals surface area contributed by atoms with E-state index in [-0.39, 0.29) is 0 Å². The zero-order chi connectivity index (χ0) is 13.6. The number of benzene rings is 1. The molecule has 1 atom stereocenters. The van der Waals surface area contributed by atoms with Crippen LogP contribution in [-0.2, 0) is 0 Å². The fourth-order valence-corrected chi connectivity index (χ4v) is 4.85. The van der Waals surface area contributed by atoms with Crippen molar-refractivity contribution in [1.29, 1.82) is 0 Å². The number of anilines is 1. The van der Waals surface area contributed by atoms with Gasteiger partial charge < -0.3 is 9.80 Å². The van der Waals surface area contributed by atoms with E-state index in [0.717, 1.165) is 5.52 Å². The van der Waals surface area contributed by atoms with Gasteiger partial charge in [-0.1, -0.05) is 23.5 Å². The van der Waals surface area contributed by atoms with Crippen molar-refractivity contribution in [2.75, 3.05) is 38.1 Å². The third-order valence-electron chi connectivity index (χ3n) is 4.84. The van der Waals surface area contributed by atoms with Crippen LogP contribution in [-0.4, -0.2) is 43.1 Å². The van der Waals surface area contributed by atoms with E-state index in [2.05, 4.69) is 41.1 Å². The quantitative estimate of drug-likeness (QED) is 0.803. The summed E-state index contributed by atoms with van der Waals surface area (Å²) in [6.45, 7) is 4.88. The van der Waals surface area contributed by atoms with E-state index in [1.54, 1.807) is 0 Å². The summed E-state index contributed by atoms with van der Waals surface area (Å²) in [6, 6.07) is 8.49. The van der Waals surface area contributed by atoms with E-state index < -0.39 is 0 Å². The normalized spacial score (nSPS) is 27.8. The van der Waals surface area contributed by atoms with Gasteiger partial charge in [0.2, 0.25) is 0 Å². The van der Waals surface area contributed by atoms with Crippen LogP contribution < -0.4 is 4.90 Å². The van der Waals surface area contributed by atoms with Crippen LogP contribution in [0.5, 0.6) is 0 Å². The molecule has 20 heavy (non-hydrogen) atoms. The van der Waals surface area contributed by atoms with E-state index in [4.69, 9.17) is 4.98 Å². The lowest BCUT2D eigenvalue weighted by molar-refractivity contribution is 0.234. The molecule has 1 aromatic heterocycles. The summed E-state index contributed by atoms with van der Waals surface area (Å²) >= 11 is 1.85. The van der Waals surface area contributed by atoms with Crippen LogP contribution >= 0.6 is 11.3 Å². The van der Waals surface area contributed by atoms with Gasteiger partial charge in [-0.2, -0.15) is 0 Å². The van der Waals surface area contributed by atoms with Crippen LogP contribution in [0, 0.1) is 5.41 Å². The van der Waals surface area contributed by atoms with Crippen molar-refractivity contribution < 1.29 is 0 Å². The Morgan fingerprint density at radius 1 is 1.15 bits per heavy atom. The lowest BCUT2D eigenvalue weighted by Crippen LogP contribution is -2.44. The lowest BCUT2D eigenvalue weighted by Gasteiger charge is -2.40. The van der Waals surface area contributed by atoms with Crippen molar-refractivity contribution in [3.63, 3.8) is 0 Å². The highest BCUT2D eigenvalue weighted by molar-refractivity contribution is 7.22. The Hall–Kier alpha value is -1.13. The summed E-state index contributed by atoms with van der Waals surface area (Å²) in [5, 5.41) is 1.22. The summed E-state index contributed by atoms with van der Waals surface area (Å²) < 4.78 is 1.31. The second kappa shape index (κ2) is 4.71. The zero-order valence-corrected chi connectivity index (χ0v) is 12.8. The van der Waals surface area contributed by atoms with Crippen molar-refractivity contribution in [2.24, 2.45) is 5.41 Å². The summed E-state index contributed by atoms with van der Waals surface area (Å²) in [4.78, 5) is 9.86. The summed E-state index contributed by atoms with van der Waals surface area (Å²) in [7, 11) is 2.26. The van der Waals surface area contributed by atoms with E-state index in [0.29, 0.717) is 5.41 Å².